The molecule has 0 radical (unpaired) electrons. The van der Waals surface area contributed by atoms with Gasteiger partial charge in [-0.15, -0.1) is 0 Å². The summed E-state index contributed by atoms with van der Waals surface area (Å²) in [6.07, 6.45) is 0.0798. The average Bonchev–Trinajstić information content (AvgIpc) is 3.19. The Kier molecular flexibility index (Phi) is 5.60. The van der Waals surface area contributed by atoms with Gasteiger partial charge in [-0.2, -0.15) is 5.10 Å². The molecule has 8 heteroatoms. The number of aromatic nitrogens is 5. The van der Waals surface area contributed by atoms with E-state index in [-0.39, 0.29) is 11.8 Å². The number of ether oxygens (including phenoxy) is 1. The van der Waals surface area contributed by atoms with Gasteiger partial charge < -0.3 is 4.74 Å². The molecule has 5 aromatic rings. The second-order valence-electron chi connectivity index (χ2n) is 9.80. The van der Waals surface area contributed by atoms with Crippen molar-refractivity contribution in [2.24, 2.45) is 0 Å². The van der Waals surface area contributed by atoms with Gasteiger partial charge in [-0.1, -0.05) is 62.7 Å². The molecule has 0 spiro atoms. The summed E-state index contributed by atoms with van der Waals surface area (Å²) in [7, 11) is 0. The lowest BCUT2D eigenvalue weighted by Gasteiger charge is -2.20. The normalized spacial score (nSPS) is 12.1. The number of hydrogen-bond donors (Lipinski definition) is 1. The van der Waals surface area contributed by atoms with Gasteiger partial charge in [0.2, 0.25) is 0 Å². The standard InChI is InChI=1S/C27H26ClN5O2/c1-15(2)35-17-12-10-16(11-13-17)19-14-20-23(29-22(19)18-8-6-7-9-21(18)28)30-25(27(3,4)5)33-24(20)31-32-26(33)34/h6-15H,1-5H3,(H,32,34). The van der Waals surface area contributed by atoms with Crippen LogP contribution >= 0.6 is 11.6 Å². The molecule has 178 valence electrons. The largest absolute Gasteiger partial charge is 0.491 e. The molecule has 3 aromatic heterocycles. The number of pyridine rings is 1. The highest BCUT2D eigenvalue weighted by atomic mass is 35.5. The fourth-order valence-corrected chi connectivity index (χ4v) is 4.37. The average molecular weight is 488 g/mol. The topological polar surface area (TPSA) is 85.2 Å². The first kappa shape index (κ1) is 23.1. The summed E-state index contributed by atoms with van der Waals surface area (Å²) >= 11 is 6.61. The summed E-state index contributed by atoms with van der Waals surface area (Å²) in [6, 6.07) is 17.4. The van der Waals surface area contributed by atoms with Crippen LogP contribution in [0.5, 0.6) is 5.75 Å². The number of nitrogens with one attached hydrogen (secondary N) is 1. The van der Waals surface area contributed by atoms with Crippen molar-refractivity contribution < 1.29 is 4.74 Å². The monoisotopic (exact) mass is 487 g/mol. The molecule has 0 saturated carbocycles. The molecule has 2 aromatic carbocycles. The van der Waals surface area contributed by atoms with Crippen molar-refractivity contribution in [1.29, 1.82) is 0 Å². The SMILES string of the molecule is CC(C)Oc1ccc(-c2cc3c(nc2-c2ccccc2Cl)nc(C(C)(C)C)n2c(=O)[nH]nc32)cc1. The maximum atomic E-state index is 12.7. The van der Waals surface area contributed by atoms with Crippen molar-refractivity contribution in [3.8, 4) is 28.1 Å². The predicted molar refractivity (Wildman–Crippen MR) is 139 cm³/mol. The van der Waals surface area contributed by atoms with E-state index < -0.39 is 5.41 Å². The third-order valence-corrected chi connectivity index (χ3v) is 6.01. The van der Waals surface area contributed by atoms with E-state index in [9.17, 15) is 4.79 Å². The lowest BCUT2D eigenvalue weighted by atomic mass is 9.95. The summed E-state index contributed by atoms with van der Waals surface area (Å²) in [4.78, 5) is 22.5. The highest BCUT2D eigenvalue weighted by Crippen LogP contribution is 2.38. The number of benzene rings is 2. The molecule has 7 nitrogen and oxygen atoms in total. The number of nitrogens with zero attached hydrogens (tertiary/aromatic N) is 4. The first-order valence-electron chi connectivity index (χ1n) is 11.5. The Labute approximate surface area is 207 Å². The molecule has 0 amide bonds. The zero-order valence-corrected chi connectivity index (χ0v) is 21.0. The molecule has 0 bridgehead atoms. The number of H-pyrrole nitrogens is 1. The molecular weight excluding hydrogens is 462 g/mol. The minimum Gasteiger partial charge on any atom is -0.491 e. The molecule has 5 rings (SSSR count). The third-order valence-electron chi connectivity index (χ3n) is 5.68. The van der Waals surface area contributed by atoms with Crippen LogP contribution in [0.25, 0.3) is 39.1 Å². The number of rotatable bonds is 4. The van der Waals surface area contributed by atoms with Gasteiger partial charge in [-0.3, -0.25) is 0 Å². The molecule has 0 aliphatic rings. The summed E-state index contributed by atoms with van der Waals surface area (Å²) in [5.74, 6) is 1.37. The van der Waals surface area contributed by atoms with E-state index in [4.69, 9.17) is 26.3 Å². The van der Waals surface area contributed by atoms with Gasteiger partial charge >= 0.3 is 5.69 Å². The van der Waals surface area contributed by atoms with Crippen molar-refractivity contribution in [1.82, 2.24) is 24.6 Å². The molecule has 0 fully saturated rings. The number of fused-ring (bicyclic) bond motifs is 3. The van der Waals surface area contributed by atoms with E-state index in [0.717, 1.165) is 22.4 Å². The first-order chi connectivity index (χ1) is 16.6. The third kappa shape index (κ3) is 4.17. The molecule has 0 unspecified atom stereocenters. The molecule has 1 N–H and O–H groups in total. The highest BCUT2D eigenvalue weighted by molar-refractivity contribution is 6.33. The zero-order valence-electron chi connectivity index (χ0n) is 20.3. The van der Waals surface area contributed by atoms with Crippen LogP contribution in [0.4, 0.5) is 0 Å². The number of aromatic amines is 1. The van der Waals surface area contributed by atoms with Crippen LogP contribution in [0.15, 0.2) is 59.4 Å². The molecule has 3 heterocycles. The van der Waals surface area contributed by atoms with Gasteiger partial charge in [-0.05, 0) is 43.7 Å². The summed E-state index contributed by atoms with van der Waals surface area (Å²) in [6.45, 7) is 10.00. The predicted octanol–water partition coefficient (Wildman–Crippen LogP) is 6.04. The molecule has 0 aliphatic carbocycles. The van der Waals surface area contributed by atoms with Crippen LogP contribution in [0.1, 0.15) is 40.4 Å². The van der Waals surface area contributed by atoms with Crippen LogP contribution in [-0.4, -0.2) is 30.7 Å². The smallest absolute Gasteiger partial charge is 0.349 e. The minimum absolute atomic E-state index is 0.0798. The molecule has 0 aliphatic heterocycles. The van der Waals surface area contributed by atoms with Crippen LogP contribution < -0.4 is 10.4 Å². The van der Waals surface area contributed by atoms with Gasteiger partial charge in [0.25, 0.3) is 0 Å². The molecule has 35 heavy (non-hydrogen) atoms. The summed E-state index contributed by atoms with van der Waals surface area (Å²) in [5, 5.41) is 8.16. The van der Waals surface area contributed by atoms with Gasteiger partial charge in [0.1, 0.15) is 11.6 Å². The van der Waals surface area contributed by atoms with E-state index in [2.05, 4.69) is 10.2 Å². The zero-order chi connectivity index (χ0) is 24.9. The van der Waals surface area contributed by atoms with E-state index in [1.807, 2.05) is 89.2 Å². The quantitative estimate of drug-likeness (QED) is 0.334. The van der Waals surface area contributed by atoms with Gasteiger partial charge in [-0.25, -0.2) is 24.3 Å². The van der Waals surface area contributed by atoms with Crippen molar-refractivity contribution in [3.63, 3.8) is 0 Å². The maximum absolute atomic E-state index is 12.7. The van der Waals surface area contributed by atoms with E-state index >= 15 is 0 Å². The maximum Gasteiger partial charge on any atom is 0.349 e. The molecule has 0 saturated heterocycles. The molecule has 0 atom stereocenters. The minimum atomic E-state index is -0.405. The fourth-order valence-electron chi connectivity index (χ4n) is 4.14. The molecular formula is C27H26ClN5O2. The Balaban J connectivity index is 1.84. The van der Waals surface area contributed by atoms with E-state index in [0.29, 0.717) is 33.2 Å². The van der Waals surface area contributed by atoms with E-state index in [1.54, 1.807) is 0 Å². The Bertz CT molecular complexity index is 1610. The van der Waals surface area contributed by atoms with Crippen LogP contribution in [0.2, 0.25) is 5.02 Å². The summed E-state index contributed by atoms with van der Waals surface area (Å²) < 4.78 is 7.35. The Morgan fingerprint density at radius 1 is 1.00 bits per heavy atom. The van der Waals surface area contributed by atoms with Crippen LogP contribution in [0, 0.1) is 0 Å². The highest BCUT2D eigenvalue weighted by Gasteiger charge is 2.25. The summed E-state index contributed by atoms with van der Waals surface area (Å²) in [5.41, 5.74) is 3.54. The Morgan fingerprint density at radius 3 is 2.37 bits per heavy atom. The second-order valence-corrected chi connectivity index (χ2v) is 10.2. The second kappa shape index (κ2) is 8.50. The van der Waals surface area contributed by atoms with Gasteiger partial charge in [0, 0.05) is 21.6 Å². The van der Waals surface area contributed by atoms with Crippen LogP contribution in [0.3, 0.4) is 0 Å². The van der Waals surface area contributed by atoms with Crippen molar-refractivity contribution >= 4 is 28.3 Å². The van der Waals surface area contributed by atoms with E-state index in [1.165, 1.54) is 4.40 Å². The lowest BCUT2D eigenvalue weighted by molar-refractivity contribution is 0.242. The van der Waals surface area contributed by atoms with Crippen LogP contribution in [-0.2, 0) is 5.41 Å². The first-order valence-corrected chi connectivity index (χ1v) is 11.9. The number of hydrogen-bond acceptors (Lipinski definition) is 5. The fraction of sp³-hybridized carbons (Fsp3) is 0.259. The van der Waals surface area contributed by atoms with Gasteiger partial charge in [0.05, 0.1) is 17.2 Å². The van der Waals surface area contributed by atoms with Gasteiger partial charge in [0.15, 0.2) is 11.3 Å². The van der Waals surface area contributed by atoms with Crippen molar-refractivity contribution in [3.05, 3.63) is 75.9 Å². The number of halogens is 1. The van der Waals surface area contributed by atoms with Crippen molar-refractivity contribution in [2.45, 2.75) is 46.1 Å². The lowest BCUT2D eigenvalue weighted by Crippen LogP contribution is -2.25. The van der Waals surface area contributed by atoms with Crippen molar-refractivity contribution in [2.75, 3.05) is 0 Å². The Morgan fingerprint density at radius 2 is 1.71 bits per heavy atom. The Hall–Kier alpha value is -3.71.